The molecular formula is C16H18ClNO3. The normalized spacial score (nSPS) is 27.0. The smallest absolute Gasteiger partial charge is 0.351 e. The quantitative estimate of drug-likeness (QED) is 0.803. The highest BCUT2D eigenvalue weighted by molar-refractivity contribution is 6.45. The molecule has 1 fully saturated rings. The van der Waals surface area contributed by atoms with Gasteiger partial charge in [0, 0.05) is 25.2 Å². The Bertz CT molecular complexity index is 566. The van der Waals surface area contributed by atoms with Crippen molar-refractivity contribution in [2.75, 3.05) is 32.8 Å². The van der Waals surface area contributed by atoms with Crippen molar-refractivity contribution in [3.05, 3.63) is 40.9 Å². The van der Waals surface area contributed by atoms with Gasteiger partial charge in [0.1, 0.15) is 10.6 Å². The van der Waals surface area contributed by atoms with Crippen LogP contribution in [0.3, 0.4) is 0 Å². The van der Waals surface area contributed by atoms with Crippen molar-refractivity contribution in [1.29, 1.82) is 0 Å². The van der Waals surface area contributed by atoms with E-state index in [4.69, 9.17) is 21.1 Å². The molecule has 2 aliphatic heterocycles. The molecule has 1 saturated heterocycles. The highest BCUT2D eigenvalue weighted by Crippen LogP contribution is 2.41. The highest BCUT2D eigenvalue weighted by atomic mass is 35.5. The van der Waals surface area contributed by atoms with Crippen LogP contribution in [-0.4, -0.2) is 49.3 Å². The summed E-state index contributed by atoms with van der Waals surface area (Å²) in [6.07, 6.45) is 0. The first-order chi connectivity index (χ1) is 10.1. The fourth-order valence-electron chi connectivity index (χ4n) is 2.97. The molecule has 4 nitrogen and oxygen atoms in total. The van der Waals surface area contributed by atoms with Gasteiger partial charge in [0.2, 0.25) is 0 Å². The van der Waals surface area contributed by atoms with Gasteiger partial charge in [-0.2, -0.15) is 0 Å². The Labute approximate surface area is 129 Å². The number of benzene rings is 1. The number of nitrogens with zero attached hydrogens (tertiary/aromatic N) is 1. The summed E-state index contributed by atoms with van der Waals surface area (Å²) in [7, 11) is 0. The Balaban J connectivity index is 1.91. The lowest BCUT2D eigenvalue weighted by molar-refractivity contribution is -0.146. The summed E-state index contributed by atoms with van der Waals surface area (Å²) in [4.78, 5) is 14.2. The minimum absolute atomic E-state index is 0.192. The largest absolute Gasteiger partial charge is 0.449 e. The van der Waals surface area contributed by atoms with Crippen LogP contribution in [0, 0.1) is 0 Å². The first kappa shape index (κ1) is 14.6. The molecule has 2 aliphatic rings. The second-order valence-electron chi connectivity index (χ2n) is 5.56. The van der Waals surface area contributed by atoms with Gasteiger partial charge in [-0.1, -0.05) is 41.9 Å². The van der Waals surface area contributed by atoms with Crippen LogP contribution >= 0.6 is 11.6 Å². The fourth-order valence-corrected chi connectivity index (χ4v) is 3.32. The second kappa shape index (κ2) is 5.79. The number of morpholine rings is 1. The van der Waals surface area contributed by atoms with Gasteiger partial charge in [-0.25, -0.2) is 4.79 Å². The predicted molar refractivity (Wildman–Crippen MR) is 81.0 cm³/mol. The molecule has 1 unspecified atom stereocenters. The molecule has 0 aliphatic carbocycles. The molecule has 1 aromatic rings. The number of carbonyl (C=O) groups is 1. The minimum atomic E-state index is -0.715. The van der Waals surface area contributed by atoms with Gasteiger partial charge in [0.25, 0.3) is 0 Å². The Morgan fingerprint density at radius 1 is 1.24 bits per heavy atom. The maximum absolute atomic E-state index is 12.0. The summed E-state index contributed by atoms with van der Waals surface area (Å²) >= 11 is 6.23. The molecule has 0 radical (unpaired) electrons. The number of hydrogen-bond acceptors (Lipinski definition) is 4. The molecule has 0 aromatic heterocycles. The summed E-state index contributed by atoms with van der Waals surface area (Å²) in [5.41, 5.74) is 0.998. The Morgan fingerprint density at radius 2 is 1.90 bits per heavy atom. The molecule has 0 N–H and O–H groups in total. The van der Waals surface area contributed by atoms with Crippen molar-refractivity contribution in [1.82, 2.24) is 4.90 Å². The van der Waals surface area contributed by atoms with Crippen molar-refractivity contribution in [2.24, 2.45) is 0 Å². The van der Waals surface area contributed by atoms with Crippen molar-refractivity contribution in [3.8, 4) is 0 Å². The van der Waals surface area contributed by atoms with Crippen molar-refractivity contribution >= 4 is 23.1 Å². The summed E-state index contributed by atoms with van der Waals surface area (Å²) < 4.78 is 11.0. The summed E-state index contributed by atoms with van der Waals surface area (Å²) in [6, 6.07) is 9.72. The fraction of sp³-hybridized carbons (Fsp3) is 0.438. The lowest BCUT2D eigenvalue weighted by atomic mass is 9.90. The van der Waals surface area contributed by atoms with E-state index in [1.165, 1.54) is 0 Å². The van der Waals surface area contributed by atoms with E-state index < -0.39 is 11.6 Å². The number of halogens is 1. The first-order valence-corrected chi connectivity index (χ1v) is 7.47. The summed E-state index contributed by atoms with van der Waals surface area (Å²) in [5, 5.41) is 0.192. The van der Waals surface area contributed by atoms with E-state index in [-0.39, 0.29) is 5.03 Å². The second-order valence-corrected chi connectivity index (χ2v) is 5.94. The van der Waals surface area contributed by atoms with Crippen LogP contribution in [0.15, 0.2) is 35.4 Å². The molecule has 3 rings (SSSR count). The average Bonchev–Trinajstić information content (AvgIpc) is 2.70. The maximum Gasteiger partial charge on any atom is 0.351 e. The number of hydrogen-bond donors (Lipinski definition) is 0. The number of carbonyl (C=O) groups excluding carboxylic acids is 1. The van der Waals surface area contributed by atoms with E-state index in [0.717, 1.165) is 24.2 Å². The van der Waals surface area contributed by atoms with E-state index in [1.54, 1.807) is 0 Å². The molecular weight excluding hydrogens is 290 g/mol. The van der Waals surface area contributed by atoms with Gasteiger partial charge in [-0.15, -0.1) is 0 Å². The first-order valence-electron chi connectivity index (χ1n) is 7.09. The Morgan fingerprint density at radius 3 is 2.57 bits per heavy atom. The van der Waals surface area contributed by atoms with Crippen molar-refractivity contribution in [2.45, 2.75) is 12.5 Å². The van der Waals surface area contributed by atoms with Crippen LogP contribution in [0.2, 0.25) is 0 Å². The van der Waals surface area contributed by atoms with E-state index in [2.05, 4.69) is 4.90 Å². The molecule has 0 bridgehead atoms. The third-order valence-electron chi connectivity index (χ3n) is 3.94. The molecule has 0 spiro atoms. The van der Waals surface area contributed by atoms with Crippen molar-refractivity contribution < 1.29 is 14.3 Å². The topological polar surface area (TPSA) is 38.8 Å². The van der Waals surface area contributed by atoms with Gasteiger partial charge in [0.15, 0.2) is 0 Å². The number of ether oxygens (including phenoxy) is 2. The van der Waals surface area contributed by atoms with Crippen LogP contribution in [-0.2, 0) is 14.3 Å². The van der Waals surface area contributed by atoms with Gasteiger partial charge in [0.05, 0.1) is 13.2 Å². The van der Waals surface area contributed by atoms with E-state index >= 15 is 0 Å². The molecule has 112 valence electrons. The lowest BCUT2D eigenvalue weighted by Gasteiger charge is -2.35. The highest BCUT2D eigenvalue weighted by Gasteiger charge is 2.45. The molecule has 21 heavy (non-hydrogen) atoms. The predicted octanol–water partition coefficient (Wildman–Crippen LogP) is 2.28. The Kier molecular flexibility index (Phi) is 4.02. The molecule has 5 heteroatoms. The monoisotopic (exact) mass is 307 g/mol. The van der Waals surface area contributed by atoms with Crippen LogP contribution in [0.25, 0.3) is 5.57 Å². The molecule has 0 saturated carbocycles. The van der Waals surface area contributed by atoms with Gasteiger partial charge < -0.3 is 9.47 Å². The third kappa shape index (κ3) is 2.84. The van der Waals surface area contributed by atoms with Gasteiger partial charge in [-0.3, -0.25) is 4.90 Å². The Hall–Kier alpha value is -1.36. The van der Waals surface area contributed by atoms with Crippen molar-refractivity contribution in [3.63, 3.8) is 0 Å². The SMILES string of the molecule is CC1(CN2CCOCC2)OC(=O)C(Cl)=C1c1ccccc1. The zero-order chi connectivity index (χ0) is 14.9. The summed E-state index contributed by atoms with van der Waals surface area (Å²) in [6.45, 7) is 5.66. The van der Waals surface area contributed by atoms with Crippen LogP contribution in [0.1, 0.15) is 12.5 Å². The van der Waals surface area contributed by atoms with Gasteiger partial charge >= 0.3 is 5.97 Å². The average molecular weight is 308 g/mol. The number of rotatable bonds is 3. The third-order valence-corrected chi connectivity index (χ3v) is 4.28. The van der Waals surface area contributed by atoms with E-state index in [9.17, 15) is 4.79 Å². The summed E-state index contributed by atoms with van der Waals surface area (Å²) in [5.74, 6) is -0.439. The lowest BCUT2D eigenvalue weighted by Crippen LogP contribution is -2.46. The zero-order valence-electron chi connectivity index (χ0n) is 12.0. The minimum Gasteiger partial charge on any atom is -0.449 e. The van der Waals surface area contributed by atoms with Gasteiger partial charge in [-0.05, 0) is 12.5 Å². The molecule has 2 heterocycles. The molecule has 1 aromatic carbocycles. The van der Waals surface area contributed by atoms with E-state index in [1.807, 2.05) is 37.3 Å². The van der Waals surface area contributed by atoms with Crippen LogP contribution < -0.4 is 0 Å². The van der Waals surface area contributed by atoms with Crippen LogP contribution in [0.4, 0.5) is 0 Å². The van der Waals surface area contributed by atoms with E-state index in [0.29, 0.717) is 19.8 Å². The number of esters is 1. The standard InChI is InChI=1S/C16H18ClNO3/c1-16(11-18-7-9-20-10-8-18)13(14(17)15(19)21-16)12-5-3-2-4-6-12/h2-6H,7-11H2,1H3. The maximum atomic E-state index is 12.0. The zero-order valence-corrected chi connectivity index (χ0v) is 12.7. The van der Waals surface area contributed by atoms with Crippen LogP contribution in [0.5, 0.6) is 0 Å². The number of cyclic esters (lactones) is 1. The molecule has 1 atom stereocenters. The molecule has 0 amide bonds.